The van der Waals surface area contributed by atoms with Gasteiger partial charge in [-0.25, -0.2) is 17.8 Å². The maximum absolute atomic E-state index is 13.7. The lowest BCUT2D eigenvalue weighted by molar-refractivity contribution is 0.601. The fourth-order valence-corrected chi connectivity index (χ4v) is 4.95. The molecule has 1 aromatic heterocycles. The summed E-state index contributed by atoms with van der Waals surface area (Å²) in [6, 6.07) is 6.48. The molecule has 1 unspecified atom stereocenters. The minimum Gasteiger partial charge on any atom is -0.241 e. The minimum absolute atomic E-state index is 0.0400. The highest BCUT2D eigenvalue weighted by Crippen LogP contribution is 2.33. The molecule has 1 saturated heterocycles. The van der Waals surface area contributed by atoms with Gasteiger partial charge in [-0.3, -0.25) is 0 Å². The van der Waals surface area contributed by atoms with E-state index in [0.29, 0.717) is 17.0 Å². The van der Waals surface area contributed by atoms with Gasteiger partial charge in [0.15, 0.2) is 9.84 Å². The normalized spacial score (nSPS) is 21.6. The molecule has 1 fully saturated rings. The number of nitrogens with zero attached hydrogens (tertiary/aromatic N) is 1. The molecule has 3 nitrogen and oxygen atoms in total. The molecule has 6 heteroatoms. The van der Waals surface area contributed by atoms with Crippen LogP contribution in [0, 0.1) is 5.82 Å². The summed E-state index contributed by atoms with van der Waals surface area (Å²) in [6.07, 6.45) is 0.614. The highest BCUT2D eigenvalue weighted by Gasteiger charge is 2.30. The van der Waals surface area contributed by atoms with Gasteiger partial charge < -0.3 is 0 Å². The summed E-state index contributed by atoms with van der Waals surface area (Å²) in [6.45, 7) is 0. The van der Waals surface area contributed by atoms with Gasteiger partial charge in [0.2, 0.25) is 0 Å². The Balaban J connectivity index is 1.91. The van der Waals surface area contributed by atoms with Gasteiger partial charge in [-0.1, -0.05) is 12.1 Å². The second kappa shape index (κ2) is 4.68. The highest BCUT2D eigenvalue weighted by molar-refractivity contribution is 7.91. The lowest BCUT2D eigenvalue weighted by Gasteiger charge is -2.02. The summed E-state index contributed by atoms with van der Waals surface area (Å²) in [5, 5.41) is 2.45. The lowest BCUT2D eigenvalue weighted by Crippen LogP contribution is -2.04. The van der Waals surface area contributed by atoms with Crippen LogP contribution < -0.4 is 0 Å². The van der Waals surface area contributed by atoms with E-state index in [2.05, 4.69) is 4.98 Å². The van der Waals surface area contributed by atoms with Crippen molar-refractivity contribution in [2.24, 2.45) is 0 Å². The molecular weight excluding hydrogens is 285 g/mol. The van der Waals surface area contributed by atoms with Crippen LogP contribution >= 0.6 is 11.3 Å². The third-order valence-electron chi connectivity index (χ3n) is 3.28. The number of aromatic nitrogens is 1. The zero-order valence-electron chi connectivity index (χ0n) is 10.0. The number of halogens is 1. The molecule has 0 N–H and O–H groups in total. The van der Waals surface area contributed by atoms with Gasteiger partial charge >= 0.3 is 0 Å². The number of thiazole rings is 1. The van der Waals surface area contributed by atoms with E-state index in [1.165, 1.54) is 17.4 Å². The predicted molar refractivity (Wildman–Crippen MR) is 73.5 cm³/mol. The van der Waals surface area contributed by atoms with Crippen LogP contribution in [-0.2, 0) is 9.84 Å². The van der Waals surface area contributed by atoms with Gasteiger partial charge in [0.25, 0.3) is 0 Å². The first-order chi connectivity index (χ1) is 9.05. The topological polar surface area (TPSA) is 47.0 Å². The Hall–Kier alpha value is -1.27. The molecule has 1 aliphatic rings. The Kier molecular flexibility index (Phi) is 3.14. The molecule has 0 aliphatic carbocycles. The number of sulfone groups is 1. The highest BCUT2D eigenvalue weighted by atomic mass is 32.2. The van der Waals surface area contributed by atoms with E-state index in [1.807, 2.05) is 5.38 Å². The zero-order chi connectivity index (χ0) is 13.5. The first kappa shape index (κ1) is 12.7. The van der Waals surface area contributed by atoms with Crippen molar-refractivity contribution in [2.75, 3.05) is 11.5 Å². The monoisotopic (exact) mass is 297 g/mol. The summed E-state index contributed by atoms with van der Waals surface area (Å²) in [7, 11) is -2.92. The fourth-order valence-electron chi connectivity index (χ4n) is 2.26. The van der Waals surface area contributed by atoms with Crippen molar-refractivity contribution >= 4 is 21.2 Å². The summed E-state index contributed by atoms with van der Waals surface area (Å²) in [4.78, 5) is 4.40. The summed E-state index contributed by atoms with van der Waals surface area (Å²) in [5.41, 5.74) is 1.24. The molecule has 0 spiro atoms. The molecular formula is C13H12FNO2S2. The van der Waals surface area contributed by atoms with Crippen LogP contribution in [-0.4, -0.2) is 24.9 Å². The average molecular weight is 297 g/mol. The Morgan fingerprint density at radius 1 is 1.32 bits per heavy atom. The van der Waals surface area contributed by atoms with Gasteiger partial charge in [0.1, 0.15) is 10.8 Å². The van der Waals surface area contributed by atoms with Crippen LogP contribution in [0.5, 0.6) is 0 Å². The van der Waals surface area contributed by atoms with Crippen LogP contribution in [0.4, 0.5) is 4.39 Å². The van der Waals surface area contributed by atoms with Gasteiger partial charge in [0, 0.05) is 16.9 Å². The second-order valence-corrected chi connectivity index (χ2v) is 7.74. The molecule has 0 amide bonds. The van der Waals surface area contributed by atoms with Crippen molar-refractivity contribution < 1.29 is 12.8 Å². The number of benzene rings is 1. The molecule has 2 heterocycles. The van der Waals surface area contributed by atoms with Crippen molar-refractivity contribution in [2.45, 2.75) is 12.3 Å². The van der Waals surface area contributed by atoms with E-state index in [4.69, 9.17) is 0 Å². The maximum atomic E-state index is 13.7. The SMILES string of the molecule is O=S1(=O)CCC(c2csc(-c3ccccc3F)n2)C1. The Morgan fingerprint density at radius 3 is 2.79 bits per heavy atom. The van der Waals surface area contributed by atoms with E-state index in [9.17, 15) is 12.8 Å². The number of hydrogen-bond acceptors (Lipinski definition) is 4. The van der Waals surface area contributed by atoms with Gasteiger partial charge in [-0.2, -0.15) is 0 Å². The third kappa shape index (κ3) is 2.55. The van der Waals surface area contributed by atoms with E-state index in [1.54, 1.807) is 18.2 Å². The number of rotatable bonds is 2. The molecule has 0 radical (unpaired) electrons. The molecule has 19 heavy (non-hydrogen) atoms. The first-order valence-corrected chi connectivity index (χ1v) is 8.66. The Labute approximate surface area is 115 Å². The maximum Gasteiger partial charge on any atom is 0.151 e. The Morgan fingerprint density at radius 2 is 2.11 bits per heavy atom. The van der Waals surface area contributed by atoms with Crippen LogP contribution in [0.25, 0.3) is 10.6 Å². The predicted octanol–water partition coefficient (Wildman–Crippen LogP) is 2.85. The van der Waals surface area contributed by atoms with Crippen LogP contribution in [0.2, 0.25) is 0 Å². The smallest absolute Gasteiger partial charge is 0.151 e. The van der Waals surface area contributed by atoms with Gasteiger partial charge in [-0.15, -0.1) is 11.3 Å². The largest absolute Gasteiger partial charge is 0.241 e. The molecule has 1 atom stereocenters. The van der Waals surface area contributed by atoms with E-state index in [-0.39, 0.29) is 23.2 Å². The quantitative estimate of drug-likeness (QED) is 0.856. The standard InChI is InChI=1S/C13H12FNO2S2/c14-11-4-2-1-3-10(11)13-15-12(7-18-13)9-5-6-19(16,17)8-9/h1-4,7,9H,5-6,8H2. The molecule has 1 aliphatic heterocycles. The molecule has 0 saturated carbocycles. The molecule has 1 aromatic carbocycles. The van der Waals surface area contributed by atoms with E-state index >= 15 is 0 Å². The van der Waals surface area contributed by atoms with Gasteiger partial charge in [0.05, 0.1) is 17.2 Å². The van der Waals surface area contributed by atoms with Crippen molar-refractivity contribution in [1.29, 1.82) is 0 Å². The number of hydrogen-bond donors (Lipinski definition) is 0. The van der Waals surface area contributed by atoms with E-state index in [0.717, 1.165) is 5.69 Å². The lowest BCUT2D eigenvalue weighted by atomic mass is 10.1. The van der Waals surface area contributed by atoms with Gasteiger partial charge in [-0.05, 0) is 18.6 Å². The fraction of sp³-hybridized carbons (Fsp3) is 0.308. The summed E-state index contributed by atoms with van der Waals surface area (Å²) >= 11 is 1.36. The van der Waals surface area contributed by atoms with Crippen molar-refractivity contribution in [3.63, 3.8) is 0 Å². The molecule has 3 rings (SSSR count). The van der Waals surface area contributed by atoms with E-state index < -0.39 is 9.84 Å². The van der Waals surface area contributed by atoms with Crippen LogP contribution in [0.15, 0.2) is 29.6 Å². The van der Waals surface area contributed by atoms with Crippen molar-refractivity contribution in [3.05, 3.63) is 41.2 Å². The van der Waals surface area contributed by atoms with Crippen molar-refractivity contribution in [1.82, 2.24) is 4.98 Å². The molecule has 100 valence electrons. The molecule has 0 bridgehead atoms. The third-order valence-corrected chi connectivity index (χ3v) is 5.94. The van der Waals surface area contributed by atoms with Crippen LogP contribution in [0.3, 0.4) is 0 Å². The molecule has 2 aromatic rings. The van der Waals surface area contributed by atoms with Crippen molar-refractivity contribution in [3.8, 4) is 10.6 Å². The summed E-state index contributed by atoms with van der Waals surface area (Å²) < 4.78 is 36.6. The first-order valence-electron chi connectivity index (χ1n) is 5.96. The summed E-state index contributed by atoms with van der Waals surface area (Å²) in [5.74, 6) is 0.0433. The van der Waals surface area contributed by atoms with Crippen LogP contribution in [0.1, 0.15) is 18.0 Å². The second-order valence-electron chi connectivity index (χ2n) is 4.66. The zero-order valence-corrected chi connectivity index (χ0v) is 11.7. The average Bonchev–Trinajstić information content (AvgIpc) is 2.96. The minimum atomic E-state index is -2.92. The Bertz CT molecular complexity index is 709.